The molecular formula is C24H36O5. The van der Waals surface area contributed by atoms with Gasteiger partial charge >= 0.3 is 5.97 Å². The number of aliphatic carboxylic acids is 1. The van der Waals surface area contributed by atoms with Crippen molar-refractivity contribution in [2.75, 3.05) is 6.61 Å². The van der Waals surface area contributed by atoms with Crippen LogP contribution in [0.2, 0.25) is 0 Å². The molecule has 1 aliphatic carbocycles. The van der Waals surface area contributed by atoms with E-state index in [-0.39, 0.29) is 24.4 Å². The molecule has 1 saturated heterocycles. The van der Waals surface area contributed by atoms with Gasteiger partial charge in [-0.1, -0.05) is 56.4 Å². The van der Waals surface area contributed by atoms with Crippen molar-refractivity contribution in [3.63, 3.8) is 0 Å². The number of aliphatic hydroxyl groups excluding tert-OH is 1. The minimum Gasteiger partial charge on any atom is -0.481 e. The van der Waals surface area contributed by atoms with Gasteiger partial charge in [0.25, 0.3) is 0 Å². The molecule has 1 saturated carbocycles. The van der Waals surface area contributed by atoms with Gasteiger partial charge in [-0.25, -0.2) is 0 Å². The van der Waals surface area contributed by atoms with Gasteiger partial charge in [-0.2, -0.15) is 0 Å². The number of aliphatic hydroxyl groups is 1. The molecule has 0 radical (unpaired) electrons. The number of carbonyl (C=O) groups is 1. The van der Waals surface area contributed by atoms with Gasteiger partial charge in [0.15, 0.2) is 5.79 Å². The van der Waals surface area contributed by atoms with Crippen molar-refractivity contribution in [3.05, 3.63) is 24.3 Å². The number of hydrogen-bond donors (Lipinski definition) is 2. The van der Waals surface area contributed by atoms with Crippen LogP contribution >= 0.6 is 0 Å². The summed E-state index contributed by atoms with van der Waals surface area (Å²) in [5, 5.41) is 19.0. The minimum absolute atomic E-state index is 0.135. The van der Waals surface area contributed by atoms with E-state index in [2.05, 4.69) is 25.0 Å². The van der Waals surface area contributed by atoms with Crippen LogP contribution in [0.5, 0.6) is 0 Å². The van der Waals surface area contributed by atoms with Gasteiger partial charge in [0.2, 0.25) is 0 Å². The molecule has 5 heteroatoms. The van der Waals surface area contributed by atoms with Crippen molar-refractivity contribution in [1.82, 2.24) is 0 Å². The summed E-state index contributed by atoms with van der Waals surface area (Å²) in [5.41, 5.74) is 0. The Hall–Kier alpha value is -1.61. The third-order valence-electron chi connectivity index (χ3n) is 5.92. The molecule has 5 nitrogen and oxygen atoms in total. The second kappa shape index (κ2) is 12.2. The Kier molecular flexibility index (Phi) is 9.93. The lowest BCUT2D eigenvalue weighted by molar-refractivity contribution is -0.189. The molecule has 1 heterocycles. The van der Waals surface area contributed by atoms with Gasteiger partial charge in [-0.05, 0) is 38.0 Å². The van der Waals surface area contributed by atoms with Crippen molar-refractivity contribution >= 4 is 5.97 Å². The molecule has 29 heavy (non-hydrogen) atoms. The van der Waals surface area contributed by atoms with Crippen LogP contribution in [0.4, 0.5) is 0 Å². The zero-order valence-electron chi connectivity index (χ0n) is 17.6. The number of carboxylic acid groups (broad SMARTS) is 1. The van der Waals surface area contributed by atoms with Crippen LogP contribution in [0.3, 0.4) is 0 Å². The van der Waals surface area contributed by atoms with Crippen LogP contribution in [-0.4, -0.2) is 40.8 Å². The second-order valence-electron chi connectivity index (χ2n) is 8.15. The van der Waals surface area contributed by atoms with Crippen LogP contribution in [0.1, 0.15) is 71.1 Å². The molecule has 0 aromatic heterocycles. The molecule has 2 aliphatic rings. The molecule has 0 aromatic carbocycles. The highest BCUT2D eigenvalue weighted by molar-refractivity contribution is 5.66. The summed E-state index contributed by atoms with van der Waals surface area (Å²) < 4.78 is 12.2. The van der Waals surface area contributed by atoms with Crippen molar-refractivity contribution in [3.8, 4) is 12.3 Å². The Balaban J connectivity index is 1.97. The van der Waals surface area contributed by atoms with E-state index < -0.39 is 17.9 Å². The Morgan fingerprint density at radius 2 is 2.17 bits per heavy atom. The minimum atomic E-state index is -0.760. The predicted octanol–water partition coefficient (Wildman–Crippen LogP) is 4.46. The summed E-state index contributed by atoms with van der Waals surface area (Å²) in [5.74, 6) is 1.63. The Bertz CT molecular complexity index is 605. The van der Waals surface area contributed by atoms with Crippen molar-refractivity contribution < 1.29 is 24.5 Å². The Labute approximate surface area is 175 Å². The number of ether oxygens (including phenoxy) is 2. The normalized spacial score (nSPS) is 30.4. The fourth-order valence-electron chi connectivity index (χ4n) is 4.30. The third kappa shape index (κ3) is 7.29. The van der Waals surface area contributed by atoms with Gasteiger partial charge in [-0.15, -0.1) is 6.42 Å². The topological polar surface area (TPSA) is 76.0 Å². The summed E-state index contributed by atoms with van der Waals surface area (Å²) >= 11 is 0. The lowest BCUT2D eigenvalue weighted by atomic mass is 9.88. The first-order valence-corrected chi connectivity index (χ1v) is 11.0. The SMILES string of the molecule is C#C[C@H]1CO[C@@]2(CC[C@@H](C=C[C@H](O)CCCCC)[C@@H]2CC=CCCCC(=O)O)O1. The van der Waals surface area contributed by atoms with Gasteiger partial charge in [0.05, 0.1) is 12.7 Å². The molecule has 0 bridgehead atoms. The average molecular weight is 405 g/mol. The molecule has 162 valence electrons. The predicted molar refractivity (Wildman–Crippen MR) is 113 cm³/mol. The maximum absolute atomic E-state index is 10.6. The van der Waals surface area contributed by atoms with E-state index in [1.807, 2.05) is 12.2 Å². The van der Waals surface area contributed by atoms with Crippen LogP contribution in [0.15, 0.2) is 24.3 Å². The van der Waals surface area contributed by atoms with Crippen LogP contribution in [-0.2, 0) is 14.3 Å². The molecule has 0 unspecified atom stereocenters. The number of rotatable bonds is 12. The van der Waals surface area contributed by atoms with Gasteiger partial charge in [0.1, 0.15) is 6.10 Å². The van der Waals surface area contributed by atoms with Gasteiger partial charge in [0, 0.05) is 18.8 Å². The summed E-state index contributed by atoms with van der Waals surface area (Å²) in [6, 6.07) is 0. The van der Waals surface area contributed by atoms with Crippen molar-refractivity contribution in [2.24, 2.45) is 11.8 Å². The first kappa shape index (κ1) is 23.7. The number of allylic oxidation sites excluding steroid dienone is 3. The molecule has 1 aliphatic heterocycles. The molecule has 0 amide bonds. The van der Waals surface area contributed by atoms with E-state index in [4.69, 9.17) is 21.0 Å². The zero-order chi connectivity index (χ0) is 21.1. The molecular weight excluding hydrogens is 368 g/mol. The molecule has 2 fully saturated rings. The Morgan fingerprint density at radius 1 is 1.34 bits per heavy atom. The molecule has 1 spiro atoms. The lowest BCUT2D eigenvalue weighted by Gasteiger charge is -2.31. The van der Waals surface area contributed by atoms with Gasteiger partial charge < -0.3 is 19.7 Å². The number of unbranched alkanes of at least 4 members (excludes halogenated alkanes) is 3. The van der Waals surface area contributed by atoms with Crippen LogP contribution in [0, 0.1) is 24.2 Å². The van der Waals surface area contributed by atoms with E-state index in [9.17, 15) is 9.90 Å². The number of hydrogen-bond acceptors (Lipinski definition) is 4. The summed E-state index contributed by atoms with van der Waals surface area (Å²) in [6.45, 7) is 2.58. The zero-order valence-corrected chi connectivity index (χ0v) is 17.6. The molecule has 5 atom stereocenters. The lowest BCUT2D eigenvalue weighted by Crippen LogP contribution is -2.36. The van der Waals surface area contributed by atoms with Crippen molar-refractivity contribution in [2.45, 2.75) is 89.1 Å². The third-order valence-corrected chi connectivity index (χ3v) is 5.92. The van der Waals surface area contributed by atoms with E-state index in [0.717, 1.165) is 51.4 Å². The van der Waals surface area contributed by atoms with Crippen LogP contribution < -0.4 is 0 Å². The summed E-state index contributed by atoms with van der Waals surface area (Å²) in [6.07, 6.45) is 21.2. The standard InChI is InChI=1S/C24H36O5/c1-3-5-8-11-20(25)15-14-19-16-17-24(28-18-21(4-2)29-24)22(19)12-9-6-7-10-13-23(26)27/h2,6,9,14-15,19-22,25H,3,5,7-8,10-13,16-18H2,1H3,(H,26,27)/t19-,20-,21+,22+,24+/m1/s1. The maximum atomic E-state index is 10.6. The maximum Gasteiger partial charge on any atom is 0.303 e. The quantitative estimate of drug-likeness (QED) is 0.285. The van der Waals surface area contributed by atoms with Gasteiger partial charge in [-0.3, -0.25) is 4.79 Å². The first-order chi connectivity index (χ1) is 14.0. The number of terminal acetylenes is 1. The van der Waals surface area contributed by atoms with E-state index in [0.29, 0.717) is 13.0 Å². The van der Waals surface area contributed by atoms with E-state index >= 15 is 0 Å². The highest BCUT2D eigenvalue weighted by Crippen LogP contribution is 2.49. The summed E-state index contributed by atoms with van der Waals surface area (Å²) in [4.78, 5) is 10.6. The number of carboxylic acids is 1. The van der Waals surface area contributed by atoms with E-state index in [1.54, 1.807) is 0 Å². The molecule has 2 N–H and O–H groups in total. The molecule has 0 aromatic rings. The van der Waals surface area contributed by atoms with Crippen molar-refractivity contribution in [1.29, 1.82) is 0 Å². The van der Waals surface area contributed by atoms with Crippen LogP contribution in [0.25, 0.3) is 0 Å². The highest BCUT2D eigenvalue weighted by atomic mass is 16.7. The largest absolute Gasteiger partial charge is 0.481 e. The smallest absolute Gasteiger partial charge is 0.303 e. The Morgan fingerprint density at radius 3 is 2.86 bits per heavy atom. The first-order valence-electron chi connectivity index (χ1n) is 11.0. The fraction of sp³-hybridized carbons (Fsp3) is 0.708. The van der Waals surface area contributed by atoms with E-state index in [1.165, 1.54) is 0 Å². The second-order valence-corrected chi connectivity index (χ2v) is 8.15. The molecule has 2 rings (SSSR count). The summed E-state index contributed by atoms with van der Waals surface area (Å²) in [7, 11) is 0. The average Bonchev–Trinajstić information content (AvgIpc) is 3.27. The highest BCUT2D eigenvalue weighted by Gasteiger charge is 2.53. The monoisotopic (exact) mass is 404 g/mol. The fourth-order valence-corrected chi connectivity index (χ4v) is 4.30.